The molecule has 1 atom stereocenters. The summed E-state index contributed by atoms with van der Waals surface area (Å²) in [6.45, 7) is 2.29. The van der Waals surface area contributed by atoms with Crippen LogP contribution in [0.1, 0.15) is 40.4 Å². The normalized spacial score (nSPS) is 16.7. The maximum Gasteiger partial charge on any atom is 0.315 e. The molecule has 0 radical (unpaired) electrons. The average molecular weight is 301 g/mol. The second kappa shape index (κ2) is 6.39. The molecule has 21 heavy (non-hydrogen) atoms. The highest BCUT2D eigenvalue weighted by atomic mass is 32.1. The van der Waals surface area contributed by atoms with Crippen LogP contribution < -0.4 is 0 Å². The van der Waals surface area contributed by atoms with Gasteiger partial charge in [0.25, 0.3) is 0 Å². The Morgan fingerprint density at radius 1 is 1.33 bits per heavy atom. The van der Waals surface area contributed by atoms with Gasteiger partial charge < -0.3 is 4.74 Å². The topological polar surface area (TPSA) is 39.2 Å². The van der Waals surface area contributed by atoms with Gasteiger partial charge in [-0.1, -0.05) is 30.3 Å². The third kappa shape index (κ3) is 3.16. The Bertz CT molecular complexity index is 621. The number of esters is 1. The average Bonchev–Trinajstić information content (AvgIpc) is 3.06. The van der Waals surface area contributed by atoms with E-state index in [9.17, 15) is 4.79 Å². The van der Waals surface area contributed by atoms with Crippen LogP contribution in [0.25, 0.3) is 0 Å². The molecule has 1 aromatic heterocycles. The fourth-order valence-corrected chi connectivity index (χ4v) is 3.90. The van der Waals surface area contributed by atoms with Crippen molar-refractivity contribution < 1.29 is 9.53 Å². The zero-order valence-electron chi connectivity index (χ0n) is 12.2. The van der Waals surface area contributed by atoms with Crippen LogP contribution in [0.5, 0.6) is 0 Å². The summed E-state index contributed by atoms with van der Waals surface area (Å²) < 4.78 is 5.15. The monoisotopic (exact) mass is 301 g/mol. The molecule has 2 aromatic rings. The van der Waals surface area contributed by atoms with E-state index < -0.39 is 0 Å². The highest BCUT2D eigenvalue weighted by Gasteiger charge is 2.33. The van der Waals surface area contributed by atoms with Crippen molar-refractivity contribution in [2.24, 2.45) is 0 Å². The van der Waals surface area contributed by atoms with Crippen LogP contribution in [0.3, 0.4) is 0 Å². The number of nitrogens with zero attached hydrogens (tertiary/aromatic N) is 1. The van der Waals surface area contributed by atoms with Gasteiger partial charge in [0.1, 0.15) is 5.92 Å². The van der Waals surface area contributed by atoms with Crippen molar-refractivity contribution in [3.05, 3.63) is 51.5 Å². The van der Waals surface area contributed by atoms with Gasteiger partial charge in [-0.05, 0) is 31.7 Å². The second-order valence-corrected chi connectivity index (χ2v) is 6.41. The Morgan fingerprint density at radius 3 is 2.90 bits per heavy atom. The minimum absolute atomic E-state index is 0.115. The molecule has 1 aliphatic rings. The molecule has 3 nitrogen and oxygen atoms in total. The SMILES string of the molecule is CCOC(=O)C1CCc2sc(CCc3ccccc3)nc21. The van der Waals surface area contributed by atoms with E-state index in [4.69, 9.17) is 9.72 Å². The summed E-state index contributed by atoms with van der Waals surface area (Å²) in [6, 6.07) is 10.4. The van der Waals surface area contributed by atoms with Crippen molar-refractivity contribution in [3.63, 3.8) is 0 Å². The van der Waals surface area contributed by atoms with Crippen LogP contribution in [0, 0.1) is 0 Å². The third-order valence-electron chi connectivity index (χ3n) is 3.80. The fraction of sp³-hybridized carbons (Fsp3) is 0.412. The smallest absolute Gasteiger partial charge is 0.315 e. The van der Waals surface area contributed by atoms with E-state index in [2.05, 4.69) is 24.3 Å². The number of rotatable bonds is 5. The lowest BCUT2D eigenvalue weighted by Gasteiger charge is -2.07. The van der Waals surface area contributed by atoms with Crippen LogP contribution in [0.4, 0.5) is 0 Å². The van der Waals surface area contributed by atoms with Crippen LogP contribution in [0.2, 0.25) is 0 Å². The molecule has 110 valence electrons. The summed E-state index contributed by atoms with van der Waals surface area (Å²) >= 11 is 1.76. The van der Waals surface area contributed by atoms with Crippen molar-refractivity contribution in [3.8, 4) is 0 Å². The lowest BCUT2D eigenvalue weighted by Crippen LogP contribution is -2.14. The quantitative estimate of drug-likeness (QED) is 0.793. The highest BCUT2D eigenvalue weighted by molar-refractivity contribution is 7.11. The predicted molar refractivity (Wildman–Crippen MR) is 83.7 cm³/mol. The Balaban J connectivity index is 1.67. The number of ether oxygens (including phenoxy) is 1. The lowest BCUT2D eigenvalue weighted by atomic mass is 10.1. The number of thiazole rings is 1. The van der Waals surface area contributed by atoms with Gasteiger partial charge in [-0.3, -0.25) is 4.79 Å². The number of aromatic nitrogens is 1. The first-order valence-corrected chi connectivity index (χ1v) is 8.28. The molecule has 1 aliphatic carbocycles. The molecule has 3 rings (SSSR count). The van der Waals surface area contributed by atoms with Crippen molar-refractivity contribution in [1.82, 2.24) is 4.98 Å². The van der Waals surface area contributed by atoms with Gasteiger partial charge in [0.15, 0.2) is 0 Å². The molecule has 0 saturated carbocycles. The summed E-state index contributed by atoms with van der Waals surface area (Å²) in [7, 11) is 0. The number of carbonyl (C=O) groups excluding carboxylic acids is 1. The maximum absolute atomic E-state index is 11.9. The number of carbonyl (C=O) groups is 1. The Morgan fingerprint density at radius 2 is 2.14 bits per heavy atom. The third-order valence-corrected chi connectivity index (χ3v) is 4.99. The van der Waals surface area contributed by atoms with Crippen molar-refractivity contribution in [2.75, 3.05) is 6.61 Å². The van der Waals surface area contributed by atoms with E-state index in [1.54, 1.807) is 11.3 Å². The molecule has 1 unspecified atom stereocenters. The van der Waals surface area contributed by atoms with Crippen molar-refractivity contribution >= 4 is 17.3 Å². The molecule has 0 bridgehead atoms. The maximum atomic E-state index is 11.9. The van der Waals surface area contributed by atoms with Gasteiger partial charge >= 0.3 is 5.97 Å². The van der Waals surface area contributed by atoms with Crippen LogP contribution in [-0.2, 0) is 28.8 Å². The number of fused-ring (bicyclic) bond motifs is 1. The Labute approximate surface area is 129 Å². The molecule has 0 aliphatic heterocycles. The fourth-order valence-electron chi connectivity index (χ4n) is 2.75. The second-order valence-electron chi connectivity index (χ2n) is 5.24. The first-order chi connectivity index (χ1) is 10.3. The van der Waals surface area contributed by atoms with E-state index in [0.29, 0.717) is 6.61 Å². The molecule has 4 heteroatoms. The lowest BCUT2D eigenvalue weighted by molar-refractivity contribution is -0.145. The largest absolute Gasteiger partial charge is 0.465 e. The first kappa shape index (κ1) is 14.3. The van der Waals surface area contributed by atoms with E-state index in [1.807, 2.05) is 13.0 Å². The van der Waals surface area contributed by atoms with Crippen LogP contribution >= 0.6 is 11.3 Å². The minimum atomic E-state index is -0.137. The summed E-state index contributed by atoms with van der Waals surface area (Å²) in [5.41, 5.74) is 2.30. The van der Waals surface area contributed by atoms with Gasteiger partial charge in [0.2, 0.25) is 0 Å². The molecule has 0 spiro atoms. The molecule has 0 fully saturated rings. The summed E-state index contributed by atoms with van der Waals surface area (Å²) in [5, 5.41) is 1.14. The predicted octanol–water partition coefficient (Wildman–Crippen LogP) is 3.52. The van der Waals surface area contributed by atoms with Gasteiger partial charge in [-0.2, -0.15) is 0 Å². The molecule has 1 heterocycles. The molecule has 0 saturated heterocycles. The van der Waals surface area contributed by atoms with E-state index in [1.165, 1.54) is 10.4 Å². The van der Waals surface area contributed by atoms with E-state index >= 15 is 0 Å². The summed E-state index contributed by atoms with van der Waals surface area (Å²) in [4.78, 5) is 17.9. The van der Waals surface area contributed by atoms with Crippen LogP contribution in [-0.4, -0.2) is 17.6 Å². The van der Waals surface area contributed by atoms with Crippen molar-refractivity contribution in [1.29, 1.82) is 0 Å². The molecule has 0 amide bonds. The zero-order valence-corrected chi connectivity index (χ0v) is 13.0. The zero-order chi connectivity index (χ0) is 14.7. The molecular formula is C17H19NO2S. The molecule has 0 N–H and O–H groups in total. The number of benzene rings is 1. The number of hydrogen-bond donors (Lipinski definition) is 0. The summed E-state index contributed by atoms with van der Waals surface area (Å²) in [6.07, 6.45) is 3.75. The first-order valence-electron chi connectivity index (χ1n) is 7.47. The molecule has 1 aromatic carbocycles. The van der Waals surface area contributed by atoms with Gasteiger partial charge in [-0.15, -0.1) is 11.3 Å². The standard InChI is InChI=1S/C17H19NO2S/c1-2-20-17(19)13-9-10-14-16(13)18-15(21-14)11-8-12-6-4-3-5-7-12/h3-7,13H,2,8-11H2,1H3. The van der Waals surface area contributed by atoms with Gasteiger partial charge in [0, 0.05) is 11.3 Å². The summed E-state index contributed by atoms with van der Waals surface area (Å²) in [5.74, 6) is -0.252. The number of hydrogen-bond acceptors (Lipinski definition) is 4. The van der Waals surface area contributed by atoms with E-state index in [0.717, 1.165) is 36.4 Å². The van der Waals surface area contributed by atoms with E-state index in [-0.39, 0.29) is 11.9 Å². The minimum Gasteiger partial charge on any atom is -0.465 e. The van der Waals surface area contributed by atoms with Gasteiger partial charge in [-0.25, -0.2) is 4.98 Å². The van der Waals surface area contributed by atoms with Crippen molar-refractivity contribution in [2.45, 2.75) is 38.5 Å². The Kier molecular flexibility index (Phi) is 4.34. The van der Waals surface area contributed by atoms with Crippen LogP contribution in [0.15, 0.2) is 30.3 Å². The molecular weight excluding hydrogens is 282 g/mol. The number of aryl methyl sites for hydroxylation is 3. The van der Waals surface area contributed by atoms with Gasteiger partial charge in [0.05, 0.1) is 17.3 Å². The Hall–Kier alpha value is -1.68. The highest BCUT2D eigenvalue weighted by Crippen LogP contribution is 2.37.